The summed E-state index contributed by atoms with van der Waals surface area (Å²) in [5, 5.41) is 14.4. The minimum absolute atomic E-state index is 0.0720. The SMILES string of the molecule is CC(CC1CCCCC1)NCc1ccccc1NS(=O)(=O)c1ccc(-n2cnnn2)nc1. The van der Waals surface area contributed by atoms with Crippen molar-refractivity contribution in [2.75, 3.05) is 4.72 Å². The van der Waals surface area contributed by atoms with E-state index in [-0.39, 0.29) is 4.90 Å². The normalized spacial score (nSPS) is 16.0. The predicted octanol–water partition coefficient (Wildman–Crippen LogP) is 3.31. The molecule has 0 saturated heterocycles. The number of pyridine rings is 1. The summed E-state index contributed by atoms with van der Waals surface area (Å²) >= 11 is 0. The Labute approximate surface area is 188 Å². The first-order valence-electron chi connectivity index (χ1n) is 11.0. The number of sulfonamides is 1. The molecule has 1 atom stereocenters. The lowest BCUT2D eigenvalue weighted by atomic mass is 9.85. The van der Waals surface area contributed by atoms with E-state index in [2.05, 4.69) is 37.5 Å². The van der Waals surface area contributed by atoms with Gasteiger partial charge in [0.25, 0.3) is 10.0 Å². The van der Waals surface area contributed by atoms with Gasteiger partial charge in [0.05, 0.1) is 5.69 Å². The van der Waals surface area contributed by atoms with Crippen LogP contribution in [0.15, 0.2) is 53.8 Å². The number of nitrogens with zero attached hydrogens (tertiary/aromatic N) is 5. The van der Waals surface area contributed by atoms with E-state index in [9.17, 15) is 8.42 Å². The summed E-state index contributed by atoms with van der Waals surface area (Å²) in [6, 6.07) is 10.9. The van der Waals surface area contributed by atoms with E-state index >= 15 is 0 Å². The van der Waals surface area contributed by atoms with Crippen molar-refractivity contribution < 1.29 is 8.42 Å². The second-order valence-corrected chi connectivity index (χ2v) is 10.1. The molecule has 1 aromatic carbocycles. The molecular weight excluding hydrogens is 426 g/mol. The van der Waals surface area contributed by atoms with Crippen LogP contribution in [0.5, 0.6) is 0 Å². The van der Waals surface area contributed by atoms with Crippen LogP contribution >= 0.6 is 0 Å². The van der Waals surface area contributed by atoms with Crippen molar-refractivity contribution in [3.63, 3.8) is 0 Å². The quantitative estimate of drug-likeness (QED) is 0.509. The fraction of sp³-hybridized carbons (Fsp3) is 0.455. The minimum Gasteiger partial charge on any atom is -0.310 e. The van der Waals surface area contributed by atoms with Gasteiger partial charge < -0.3 is 5.32 Å². The second kappa shape index (κ2) is 10.2. The number of rotatable bonds is 9. The molecule has 0 spiro atoms. The summed E-state index contributed by atoms with van der Waals surface area (Å²) in [4.78, 5) is 4.23. The zero-order valence-corrected chi connectivity index (χ0v) is 19.0. The first-order valence-corrected chi connectivity index (χ1v) is 12.5. The predicted molar refractivity (Wildman–Crippen MR) is 122 cm³/mol. The maximum Gasteiger partial charge on any atom is 0.263 e. The van der Waals surface area contributed by atoms with Gasteiger partial charge in [0.1, 0.15) is 11.2 Å². The highest BCUT2D eigenvalue weighted by atomic mass is 32.2. The molecule has 10 heteroatoms. The van der Waals surface area contributed by atoms with Crippen molar-refractivity contribution in [1.29, 1.82) is 0 Å². The van der Waals surface area contributed by atoms with Gasteiger partial charge in [0.2, 0.25) is 0 Å². The van der Waals surface area contributed by atoms with Gasteiger partial charge in [-0.15, -0.1) is 5.10 Å². The Hall–Kier alpha value is -2.85. The molecular formula is C22H29N7O2S. The third-order valence-electron chi connectivity index (χ3n) is 5.93. The Morgan fingerprint density at radius 3 is 2.66 bits per heavy atom. The minimum atomic E-state index is -3.78. The third-order valence-corrected chi connectivity index (χ3v) is 7.28. The van der Waals surface area contributed by atoms with Crippen molar-refractivity contribution in [1.82, 2.24) is 30.5 Å². The van der Waals surface area contributed by atoms with Gasteiger partial charge in [0.15, 0.2) is 5.82 Å². The number of anilines is 1. The zero-order chi connectivity index (χ0) is 22.4. The van der Waals surface area contributed by atoms with E-state index in [1.165, 1.54) is 55.4 Å². The fourth-order valence-electron chi connectivity index (χ4n) is 4.20. The molecule has 2 N–H and O–H groups in total. The molecule has 3 aromatic rings. The van der Waals surface area contributed by atoms with Crippen molar-refractivity contribution in [3.05, 3.63) is 54.5 Å². The van der Waals surface area contributed by atoms with Crippen LogP contribution in [0.2, 0.25) is 0 Å². The second-order valence-electron chi connectivity index (χ2n) is 8.39. The topological polar surface area (TPSA) is 115 Å². The summed E-state index contributed by atoms with van der Waals surface area (Å²) in [6.45, 7) is 2.81. The highest BCUT2D eigenvalue weighted by Gasteiger charge is 2.19. The number of para-hydroxylation sites is 1. The molecule has 1 aliphatic rings. The smallest absolute Gasteiger partial charge is 0.263 e. The zero-order valence-electron chi connectivity index (χ0n) is 18.2. The van der Waals surface area contributed by atoms with Gasteiger partial charge in [0, 0.05) is 18.8 Å². The van der Waals surface area contributed by atoms with Crippen LogP contribution in [0.1, 0.15) is 51.0 Å². The molecule has 1 unspecified atom stereocenters. The molecule has 170 valence electrons. The van der Waals surface area contributed by atoms with Gasteiger partial charge in [-0.2, -0.15) is 4.68 Å². The van der Waals surface area contributed by atoms with Gasteiger partial charge in [-0.05, 0) is 53.5 Å². The van der Waals surface area contributed by atoms with Crippen LogP contribution < -0.4 is 10.0 Å². The Balaban J connectivity index is 1.40. The summed E-state index contributed by atoms with van der Waals surface area (Å²) in [6.07, 6.45) is 10.5. The molecule has 2 aromatic heterocycles. The molecule has 4 rings (SSSR count). The largest absolute Gasteiger partial charge is 0.310 e. The monoisotopic (exact) mass is 455 g/mol. The van der Waals surface area contributed by atoms with Crippen molar-refractivity contribution in [3.8, 4) is 5.82 Å². The lowest BCUT2D eigenvalue weighted by Crippen LogP contribution is -2.29. The maximum absolute atomic E-state index is 12.9. The number of tetrazole rings is 1. The first kappa shape index (κ1) is 22.3. The molecule has 1 saturated carbocycles. The molecule has 1 fully saturated rings. The molecule has 0 aliphatic heterocycles. The Kier molecular flexibility index (Phi) is 7.11. The van der Waals surface area contributed by atoms with Crippen LogP contribution in [0.4, 0.5) is 5.69 Å². The molecule has 0 bridgehead atoms. The first-order chi connectivity index (χ1) is 15.5. The molecule has 32 heavy (non-hydrogen) atoms. The van der Waals surface area contributed by atoms with E-state index in [0.717, 1.165) is 17.9 Å². The van der Waals surface area contributed by atoms with Gasteiger partial charge >= 0.3 is 0 Å². The summed E-state index contributed by atoms with van der Waals surface area (Å²) in [7, 11) is -3.78. The van der Waals surface area contributed by atoms with Crippen LogP contribution in [0.25, 0.3) is 5.82 Å². The maximum atomic E-state index is 12.9. The highest BCUT2D eigenvalue weighted by Crippen LogP contribution is 2.27. The van der Waals surface area contributed by atoms with E-state index in [0.29, 0.717) is 24.1 Å². The van der Waals surface area contributed by atoms with Gasteiger partial charge in [-0.25, -0.2) is 13.4 Å². The number of hydrogen-bond acceptors (Lipinski definition) is 7. The average Bonchev–Trinajstić information content (AvgIpc) is 3.34. The number of hydrogen-bond donors (Lipinski definition) is 2. The van der Waals surface area contributed by atoms with E-state index < -0.39 is 10.0 Å². The average molecular weight is 456 g/mol. The number of benzene rings is 1. The van der Waals surface area contributed by atoms with Gasteiger partial charge in [-0.3, -0.25) is 4.72 Å². The van der Waals surface area contributed by atoms with Crippen LogP contribution in [-0.2, 0) is 16.6 Å². The molecule has 9 nitrogen and oxygen atoms in total. The molecule has 1 aliphatic carbocycles. The lowest BCUT2D eigenvalue weighted by molar-refractivity contribution is 0.305. The van der Waals surface area contributed by atoms with Crippen LogP contribution in [0, 0.1) is 5.92 Å². The van der Waals surface area contributed by atoms with Gasteiger partial charge in [-0.1, -0.05) is 50.3 Å². The summed E-state index contributed by atoms with van der Waals surface area (Å²) < 4.78 is 29.9. The van der Waals surface area contributed by atoms with Crippen molar-refractivity contribution >= 4 is 15.7 Å². The number of nitrogens with one attached hydrogen (secondary N) is 2. The molecule has 0 amide bonds. The third kappa shape index (κ3) is 5.68. The van der Waals surface area contributed by atoms with Crippen LogP contribution in [-0.4, -0.2) is 39.7 Å². The highest BCUT2D eigenvalue weighted by molar-refractivity contribution is 7.92. The summed E-state index contributed by atoms with van der Waals surface area (Å²) in [5.74, 6) is 1.23. The van der Waals surface area contributed by atoms with E-state index in [1.807, 2.05) is 18.2 Å². The Morgan fingerprint density at radius 1 is 1.12 bits per heavy atom. The van der Waals surface area contributed by atoms with E-state index in [1.54, 1.807) is 12.1 Å². The summed E-state index contributed by atoms with van der Waals surface area (Å²) in [5.41, 5.74) is 1.47. The van der Waals surface area contributed by atoms with E-state index in [4.69, 9.17) is 0 Å². The van der Waals surface area contributed by atoms with Crippen molar-refractivity contribution in [2.24, 2.45) is 5.92 Å². The van der Waals surface area contributed by atoms with Crippen LogP contribution in [0.3, 0.4) is 0 Å². The molecule has 0 radical (unpaired) electrons. The Morgan fingerprint density at radius 2 is 1.94 bits per heavy atom. The fourth-order valence-corrected chi connectivity index (χ4v) is 5.25. The molecule has 2 heterocycles. The standard InChI is InChI=1S/C22H29N7O2S/c1-17(13-18-7-3-2-4-8-18)23-14-19-9-5-6-10-21(19)26-32(30,31)20-11-12-22(24-15-20)29-16-25-27-28-29/h5-6,9-12,15-18,23,26H,2-4,7-8,13-14H2,1H3. The Bertz CT molecular complexity index is 1100. The van der Waals surface area contributed by atoms with Crippen molar-refractivity contribution in [2.45, 2.75) is 62.9 Å². The lowest BCUT2D eigenvalue weighted by Gasteiger charge is -2.25. The number of aromatic nitrogens is 5.